The molecule has 0 bridgehead atoms. The lowest BCUT2D eigenvalue weighted by molar-refractivity contribution is -0.121. The van der Waals surface area contributed by atoms with Crippen LogP contribution in [0.1, 0.15) is 35.6 Å². The lowest BCUT2D eigenvalue weighted by Crippen LogP contribution is -2.25. The number of amides is 1. The fourth-order valence-electron chi connectivity index (χ4n) is 2.01. The van der Waals surface area contributed by atoms with Crippen LogP contribution >= 0.6 is 23.1 Å². The molecule has 4 heteroatoms. The van der Waals surface area contributed by atoms with Crippen molar-refractivity contribution < 1.29 is 4.79 Å². The molecule has 1 unspecified atom stereocenters. The lowest BCUT2D eigenvalue weighted by Gasteiger charge is -2.12. The van der Waals surface area contributed by atoms with Crippen molar-refractivity contribution in [2.75, 3.05) is 5.75 Å². The molecule has 1 atom stereocenters. The Labute approximate surface area is 135 Å². The van der Waals surface area contributed by atoms with Gasteiger partial charge in [0.05, 0.1) is 6.04 Å². The molecule has 0 aliphatic rings. The summed E-state index contributed by atoms with van der Waals surface area (Å²) in [6.07, 6.45) is 1.50. The van der Waals surface area contributed by atoms with E-state index in [0.717, 1.165) is 12.2 Å². The number of rotatable bonds is 7. The van der Waals surface area contributed by atoms with Crippen LogP contribution in [0, 0.1) is 6.92 Å². The Morgan fingerprint density at radius 2 is 2.00 bits per heavy atom. The first-order valence-corrected chi connectivity index (χ1v) is 8.99. The van der Waals surface area contributed by atoms with E-state index in [1.54, 1.807) is 23.1 Å². The van der Waals surface area contributed by atoms with Gasteiger partial charge in [0.25, 0.3) is 0 Å². The zero-order valence-electron chi connectivity index (χ0n) is 12.5. The third-order valence-electron chi connectivity index (χ3n) is 3.13. The molecule has 1 aromatic carbocycles. The van der Waals surface area contributed by atoms with Crippen molar-refractivity contribution in [1.82, 2.24) is 5.32 Å². The minimum absolute atomic E-state index is 0.109. The van der Waals surface area contributed by atoms with E-state index in [0.29, 0.717) is 6.42 Å². The highest BCUT2D eigenvalue weighted by molar-refractivity contribution is 7.99. The van der Waals surface area contributed by atoms with Crippen LogP contribution in [0.4, 0.5) is 0 Å². The zero-order valence-corrected chi connectivity index (χ0v) is 14.1. The SMILES string of the molecule is Cc1ccc(C(C)NC(=O)CCCSc2ccccc2)s1. The van der Waals surface area contributed by atoms with Gasteiger partial charge in [0.2, 0.25) is 5.91 Å². The summed E-state index contributed by atoms with van der Waals surface area (Å²) in [6, 6.07) is 14.6. The van der Waals surface area contributed by atoms with Crippen molar-refractivity contribution >= 4 is 29.0 Å². The lowest BCUT2D eigenvalue weighted by atomic mass is 10.2. The first-order chi connectivity index (χ1) is 10.1. The Hall–Kier alpha value is -1.26. The van der Waals surface area contributed by atoms with Gasteiger partial charge in [-0.15, -0.1) is 23.1 Å². The van der Waals surface area contributed by atoms with E-state index in [9.17, 15) is 4.79 Å². The standard InChI is InChI=1S/C17H21NOS2/c1-13-10-11-16(21-13)14(2)18-17(19)9-6-12-20-15-7-4-3-5-8-15/h3-5,7-8,10-11,14H,6,9,12H2,1-2H3,(H,18,19). The number of hydrogen-bond acceptors (Lipinski definition) is 3. The average molecular weight is 319 g/mol. The van der Waals surface area contributed by atoms with E-state index in [2.05, 4.69) is 36.5 Å². The summed E-state index contributed by atoms with van der Waals surface area (Å²) in [5, 5.41) is 3.07. The maximum atomic E-state index is 11.9. The maximum absolute atomic E-state index is 11.9. The van der Waals surface area contributed by atoms with Crippen LogP contribution in [0.25, 0.3) is 0 Å². The van der Waals surface area contributed by atoms with Gasteiger partial charge in [-0.25, -0.2) is 0 Å². The van der Waals surface area contributed by atoms with Crippen molar-refractivity contribution in [2.45, 2.75) is 37.6 Å². The van der Waals surface area contributed by atoms with Gasteiger partial charge >= 0.3 is 0 Å². The molecule has 2 aromatic rings. The molecule has 0 aliphatic carbocycles. The molecule has 2 rings (SSSR count). The molecule has 2 nitrogen and oxygen atoms in total. The smallest absolute Gasteiger partial charge is 0.220 e. The van der Waals surface area contributed by atoms with Crippen LogP contribution in [-0.4, -0.2) is 11.7 Å². The number of benzene rings is 1. The van der Waals surface area contributed by atoms with E-state index in [-0.39, 0.29) is 11.9 Å². The predicted octanol–water partition coefficient (Wildman–Crippen LogP) is 4.81. The predicted molar refractivity (Wildman–Crippen MR) is 92.0 cm³/mol. The number of thiophene rings is 1. The minimum atomic E-state index is 0.109. The van der Waals surface area contributed by atoms with Crippen LogP contribution in [0.15, 0.2) is 47.4 Å². The molecular weight excluding hydrogens is 298 g/mol. The van der Waals surface area contributed by atoms with Gasteiger partial charge < -0.3 is 5.32 Å². The van der Waals surface area contributed by atoms with Crippen LogP contribution in [-0.2, 0) is 4.79 Å². The molecule has 0 saturated heterocycles. The number of hydrogen-bond donors (Lipinski definition) is 1. The third-order valence-corrected chi connectivity index (χ3v) is 5.41. The second-order valence-electron chi connectivity index (χ2n) is 5.00. The molecule has 21 heavy (non-hydrogen) atoms. The fourth-order valence-corrected chi connectivity index (χ4v) is 3.76. The van der Waals surface area contributed by atoms with Gasteiger partial charge in [-0.05, 0) is 50.3 Å². The van der Waals surface area contributed by atoms with Crippen molar-refractivity contribution in [3.8, 4) is 0 Å². The van der Waals surface area contributed by atoms with Gasteiger partial charge in [-0.1, -0.05) is 18.2 Å². The molecule has 1 N–H and O–H groups in total. The normalized spacial score (nSPS) is 12.1. The molecule has 0 fully saturated rings. The van der Waals surface area contributed by atoms with Crippen molar-refractivity contribution in [3.63, 3.8) is 0 Å². The summed E-state index contributed by atoms with van der Waals surface area (Å²) in [5.41, 5.74) is 0. The second-order valence-corrected chi connectivity index (χ2v) is 7.49. The molecule has 0 radical (unpaired) electrons. The topological polar surface area (TPSA) is 29.1 Å². The zero-order chi connectivity index (χ0) is 15.1. The van der Waals surface area contributed by atoms with Crippen LogP contribution < -0.4 is 5.32 Å². The highest BCUT2D eigenvalue weighted by Gasteiger charge is 2.10. The van der Waals surface area contributed by atoms with Gasteiger partial charge in [-0.3, -0.25) is 4.79 Å². The van der Waals surface area contributed by atoms with Crippen LogP contribution in [0.2, 0.25) is 0 Å². The Balaban J connectivity index is 1.65. The monoisotopic (exact) mass is 319 g/mol. The van der Waals surface area contributed by atoms with Crippen LogP contribution in [0.3, 0.4) is 0 Å². The van der Waals surface area contributed by atoms with E-state index >= 15 is 0 Å². The van der Waals surface area contributed by atoms with E-state index in [1.165, 1.54) is 14.6 Å². The summed E-state index contributed by atoms with van der Waals surface area (Å²) in [4.78, 5) is 15.7. The summed E-state index contributed by atoms with van der Waals surface area (Å²) >= 11 is 3.55. The number of thioether (sulfide) groups is 1. The van der Waals surface area contributed by atoms with Gasteiger partial charge in [-0.2, -0.15) is 0 Å². The Bertz CT molecular complexity index is 565. The summed E-state index contributed by atoms with van der Waals surface area (Å²) < 4.78 is 0. The van der Waals surface area contributed by atoms with Crippen molar-refractivity contribution in [3.05, 3.63) is 52.2 Å². The molecule has 0 aliphatic heterocycles. The molecule has 1 heterocycles. The minimum Gasteiger partial charge on any atom is -0.349 e. The van der Waals surface area contributed by atoms with Crippen molar-refractivity contribution in [1.29, 1.82) is 0 Å². The molecule has 0 spiro atoms. The molecular formula is C17H21NOS2. The Kier molecular flexibility index (Phi) is 6.33. The van der Waals surface area contributed by atoms with Crippen molar-refractivity contribution in [2.24, 2.45) is 0 Å². The van der Waals surface area contributed by atoms with Crippen LogP contribution in [0.5, 0.6) is 0 Å². The molecule has 0 saturated carbocycles. The largest absolute Gasteiger partial charge is 0.349 e. The Morgan fingerprint density at radius 1 is 1.24 bits per heavy atom. The average Bonchev–Trinajstić information content (AvgIpc) is 2.91. The number of carbonyl (C=O) groups is 1. The number of aryl methyl sites for hydroxylation is 1. The highest BCUT2D eigenvalue weighted by Crippen LogP contribution is 2.22. The number of nitrogens with one attached hydrogen (secondary N) is 1. The third kappa shape index (κ3) is 5.56. The summed E-state index contributed by atoms with van der Waals surface area (Å²) in [6.45, 7) is 4.13. The number of carbonyl (C=O) groups excluding carboxylic acids is 1. The van der Waals surface area contributed by atoms with E-state index < -0.39 is 0 Å². The first-order valence-electron chi connectivity index (χ1n) is 7.18. The molecule has 1 aromatic heterocycles. The van der Waals surface area contributed by atoms with Gasteiger partial charge in [0, 0.05) is 21.1 Å². The first kappa shape index (κ1) is 16.1. The van der Waals surface area contributed by atoms with Gasteiger partial charge in [0.15, 0.2) is 0 Å². The Morgan fingerprint density at radius 3 is 2.67 bits per heavy atom. The maximum Gasteiger partial charge on any atom is 0.220 e. The fraction of sp³-hybridized carbons (Fsp3) is 0.353. The quantitative estimate of drug-likeness (QED) is 0.586. The summed E-state index contributed by atoms with van der Waals surface area (Å²) in [5.74, 6) is 1.12. The van der Waals surface area contributed by atoms with E-state index in [1.807, 2.05) is 25.1 Å². The highest BCUT2D eigenvalue weighted by atomic mass is 32.2. The summed E-state index contributed by atoms with van der Waals surface area (Å²) in [7, 11) is 0. The second kappa shape index (κ2) is 8.25. The molecule has 1 amide bonds. The van der Waals surface area contributed by atoms with Gasteiger partial charge in [0.1, 0.15) is 0 Å². The molecule has 112 valence electrons. The van der Waals surface area contributed by atoms with E-state index in [4.69, 9.17) is 0 Å².